The molecule has 1 rings (SSSR count). The molecule has 0 saturated heterocycles. The summed E-state index contributed by atoms with van der Waals surface area (Å²) in [6, 6.07) is 0.519. The number of nitrogens with zero attached hydrogens (tertiary/aromatic N) is 1. The third-order valence-corrected chi connectivity index (χ3v) is 3.25. The zero-order chi connectivity index (χ0) is 11.3. The van der Waals surface area contributed by atoms with Crippen molar-refractivity contribution in [3.63, 3.8) is 0 Å². The van der Waals surface area contributed by atoms with Crippen molar-refractivity contribution in [2.75, 3.05) is 6.54 Å². The monoisotopic (exact) mass is 224 g/mol. The smallest absolute Gasteiger partial charge is 0.0794 e. The first-order valence-electron chi connectivity index (χ1n) is 5.30. The predicted octanol–water partition coefficient (Wildman–Crippen LogP) is 2.88. The van der Waals surface area contributed by atoms with Gasteiger partial charge in [0.15, 0.2) is 0 Å². The fraction of sp³-hybridized carbons (Fsp3) is 0.583. The minimum Gasteiger partial charge on any atom is -0.314 e. The minimum atomic E-state index is 0.122. The largest absolute Gasteiger partial charge is 0.314 e. The van der Waals surface area contributed by atoms with Crippen molar-refractivity contribution in [3.8, 4) is 0 Å². The summed E-state index contributed by atoms with van der Waals surface area (Å²) in [7, 11) is 0. The Hall–Kier alpha value is -0.670. The van der Waals surface area contributed by atoms with Gasteiger partial charge in [0.25, 0.3) is 0 Å². The van der Waals surface area contributed by atoms with E-state index in [1.807, 2.05) is 17.8 Å². The molecule has 1 atom stereocenters. The van der Waals surface area contributed by atoms with Gasteiger partial charge in [-0.05, 0) is 6.42 Å². The molecule has 84 valence electrons. The summed E-state index contributed by atoms with van der Waals surface area (Å²) in [6.07, 6.45) is 5.00. The highest BCUT2D eigenvalue weighted by Gasteiger charge is 2.21. The van der Waals surface area contributed by atoms with Crippen LogP contribution < -0.4 is 5.32 Å². The minimum absolute atomic E-state index is 0.122. The van der Waals surface area contributed by atoms with Gasteiger partial charge in [-0.2, -0.15) is 0 Å². The Balaban J connectivity index is 2.56. The first kappa shape index (κ1) is 12.4. The Kier molecular flexibility index (Phi) is 4.48. The van der Waals surface area contributed by atoms with Crippen LogP contribution in [0, 0.1) is 5.41 Å². The maximum Gasteiger partial charge on any atom is 0.0794 e. The molecule has 0 radical (unpaired) electrons. The van der Waals surface area contributed by atoms with Gasteiger partial charge in [-0.15, -0.1) is 17.9 Å². The third kappa shape index (κ3) is 4.14. The number of aromatic nitrogens is 1. The van der Waals surface area contributed by atoms with E-state index < -0.39 is 0 Å². The zero-order valence-electron chi connectivity index (χ0n) is 9.79. The molecule has 0 spiro atoms. The van der Waals surface area contributed by atoms with Crippen molar-refractivity contribution < 1.29 is 0 Å². The molecular formula is C12H20N2S. The molecule has 1 unspecified atom stereocenters. The van der Waals surface area contributed by atoms with Crippen LogP contribution in [0.1, 0.15) is 25.6 Å². The predicted molar refractivity (Wildman–Crippen MR) is 67.3 cm³/mol. The second-order valence-corrected chi connectivity index (χ2v) is 5.51. The van der Waals surface area contributed by atoms with Crippen molar-refractivity contribution >= 4 is 11.3 Å². The molecule has 3 heteroatoms. The molecule has 0 aliphatic rings. The van der Waals surface area contributed by atoms with Crippen LogP contribution in [0.3, 0.4) is 0 Å². The zero-order valence-corrected chi connectivity index (χ0v) is 10.6. The lowest BCUT2D eigenvalue weighted by atomic mass is 9.86. The topological polar surface area (TPSA) is 24.9 Å². The van der Waals surface area contributed by atoms with E-state index in [0.717, 1.165) is 13.0 Å². The summed E-state index contributed by atoms with van der Waals surface area (Å²) >= 11 is 1.71. The van der Waals surface area contributed by atoms with E-state index >= 15 is 0 Å². The van der Waals surface area contributed by atoms with Crippen molar-refractivity contribution in [2.45, 2.75) is 33.2 Å². The molecule has 2 nitrogen and oxygen atoms in total. The average Bonchev–Trinajstić information content (AvgIpc) is 2.67. The first-order chi connectivity index (χ1) is 7.06. The summed E-state index contributed by atoms with van der Waals surface area (Å²) < 4.78 is 0. The Morgan fingerprint density at radius 2 is 2.40 bits per heavy atom. The molecule has 15 heavy (non-hydrogen) atoms. The van der Waals surface area contributed by atoms with Gasteiger partial charge < -0.3 is 5.32 Å². The molecule has 1 aromatic rings. The summed E-state index contributed by atoms with van der Waals surface area (Å²) in [4.78, 5) is 5.42. The lowest BCUT2D eigenvalue weighted by Gasteiger charge is -2.26. The molecule has 0 fully saturated rings. The highest BCUT2D eigenvalue weighted by molar-refractivity contribution is 7.09. The van der Waals surface area contributed by atoms with Gasteiger partial charge in [0.2, 0.25) is 0 Å². The van der Waals surface area contributed by atoms with E-state index in [2.05, 4.69) is 37.7 Å². The van der Waals surface area contributed by atoms with Gasteiger partial charge in [-0.25, -0.2) is 0 Å². The van der Waals surface area contributed by atoms with Crippen molar-refractivity contribution in [3.05, 3.63) is 29.2 Å². The van der Waals surface area contributed by atoms with Crippen LogP contribution in [0.2, 0.25) is 0 Å². The molecule has 1 aromatic heterocycles. The van der Waals surface area contributed by atoms with E-state index in [1.165, 1.54) is 4.88 Å². The summed E-state index contributed by atoms with van der Waals surface area (Å²) in [5.41, 5.74) is 2.01. The molecule has 0 bridgehead atoms. The van der Waals surface area contributed by atoms with E-state index in [-0.39, 0.29) is 5.41 Å². The summed E-state index contributed by atoms with van der Waals surface area (Å²) in [5.74, 6) is 0. The number of nitrogens with one attached hydrogen (secondary N) is 1. The van der Waals surface area contributed by atoms with Gasteiger partial charge >= 0.3 is 0 Å². The molecule has 0 aromatic carbocycles. The van der Waals surface area contributed by atoms with Gasteiger partial charge in [0.1, 0.15) is 0 Å². The summed E-state index contributed by atoms with van der Waals surface area (Å²) in [6.45, 7) is 11.5. The maximum absolute atomic E-state index is 4.10. The highest BCUT2D eigenvalue weighted by atomic mass is 32.1. The van der Waals surface area contributed by atoms with Crippen LogP contribution >= 0.6 is 11.3 Å². The van der Waals surface area contributed by atoms with Gasteiger partial charge in [0, 0.05) is 29.1 Å². The van der Waals surface area contributed by atoms with Crippen LogP contribution in [0.25, 0.3) is 0 Å². The van der Waals surface area contributed by atoms with Crippen LogP contribution in [0.5, 0.6) is 0 Å². The van der Waals surface area contributed by atoms with Crippen LogP contribution in [0.15, 0.2) is 24.4 Å². The first-order valence-corrected chi connectivity index (χ1v) is 6.18. The van der Waals surface area contributed by atoms with Crippen LogP contribution in [0.4, 0.5) is 0 Å². The molecule has 0 amide bonds. The van der Waals surface area contributed by atoms with E-state index in [9.17, 15) is 0 Å². The number of thiazole rings is 1. The maximum atomic E-state index is 4.10. The third-order valence-electron chi connectivity index (χ3n) is 2.47. The van der Waals surface area contributed by atoms with Gasteiger partial charge in [-0.3, -0.25) is 4.98 Å². The number of hydrogen-bond donors (Lipinski definition) is 1. The highest BCUT2D eigenvalue weighted by Crippen LogP contribution is 2.24. The Morgan fingerprint density at radius 3 is 2.87 bits per heavy atom. The molecule has 1 N–H and O–H groups in total. The van der Waals surface area contributed by atoms with Crippen LogP contribution in [-0.4, -0.2) is 17.6 Å². The van der Waals surface area contributed by atoms with Gasteiger partial charge in [0.05, 0.1) is 5.51 Å². The van der Waals surface area contributed by atoms with E-state index in [4.69, 9.17) is 0 Å². The quantitative estimate of drug-likeness (QED) is 0.752. The summed E-state index contributed by atoms with van der Waals surface area (Å²) in [5, 5.41) is 3.46. The van der Waals surface area contributed by atoms with Crippen molar-refractivity contribution in [1.29, 1.82) is 0 Å². The molecule has 0 aliphatic heterocycles. The second kappa shape index (κ2) is 5.42. The second-order valence-electron chi connectivity index (χ2n) is 4.54. The molecular weight excluding hydrogens is 204 g/mol. The van der Waals surface area contributed by atoms with Crippen LogP contribution in [-0.2, 0) is 6.42 Å². The SMILES string of the molecule is C=CC(C)(CNC(C)C)Cc1cncs1. The number of hydrogen-bond acceptors (Lipinski definition) is 3. The van der Waals surface area contributed by atoms with Gasteiger partial charge in [-0.1, -0.05) is 26.8 Å². The van der Waals surface area contributed by atoms with Crippen molar-refractivity contribution in [1.82, 2.24) is 10.3 Å². The van der Waals surface area contributed by atoms with Crippen molar-refractivity contribution in [2.24, 2.45) is 5.41 Å². The van der Waals surface area contributed by atoms with E-state index in [1.54, 1.807) is 11.3 Å². The Morgan fingerprint density at radius 1 is 1.67 bits per heavy atom. The molecule has 0 aliphatic carbocycles. The Bertz CT molecular complexity index is 293. The average molecular weight is 224 g/mol. The lowest BCUT2D eigenvalue weighted by Crippen LogP contribution is -2.35. The molecule has 0 saturated carbocycles. The van der Waals surface area contributed by atoms with E-state index in [0.29, 0.717) is 6.04 Å². The molecule has 1 heterocycles. The number of rotatable bonds is 6. The Labute approximate surface area is 96.4 Å². The lowest BCUT2D eigenvalue weighted by molar-refractivity contribution is 0.375. The normalized spacial score (nSPS) is 15.2. The fourth-order valence-electron chi connectivity index (χ4n) is 1.37. The standard InChI is InChI=1S/C12H20N2S/c1-5-12(4,8-14-10(2)3)6-11-7-13-9-15-11/h5,7,9-10,14H,1,6,8H2,2-4H3. The fourth-order valence-corrected chi connectivity index (χ4v) is 2.16.